The molecule has 1 aromatic heterocycles. The fraction of sp³-hybridized carbons (Fsp3) is 0.733. The molecule has 1 fully saturated rings. The van der Waals surface area contributed by atoms with Crippen molar-refractivity contribution in [3.05, 3.63) is 11.9 Å². The van der Waals surface area contributed by atoms with E-state index in [1.54, 1.807) is 6.33 Å². The number of hydrogen-bond acceptors (Lipinski definition) is 5. The summed E-state index contributed by atoms with van der Waals surface area (Å²) < 4.78 is 0. The van der Waals surface area contributed by atoms with Crippen LogP contribution in [0.5, 0.6) is 0 Å². The number of anilines is 2. The third-order valence-electron chi connectivity index (χ3n) is 3.94. The van der Waals surface area contributed by atoms with Crippen LogP contribution in [0.2, 0.25) is 0 Å². The van der Waals surface area contributed by atoms with Gasteiger partial charge in [0.1, 0.15) is 18.0 Å². The van der Waals surface area contributed by atoms with Gasteiger partial charge in [-0.15, -0.1) is 0 Å². The second-order valence-electron chi connectivity index (χ2n) is 5.30. The van der Waals surface area contributed by atoms with Crippen LogP contribution in [-0.4, -0.2) is 34.1 Å². The van der Waals surface area contributed by atoms with Gasteiger partial charge in [-0.05, 0) is 38.9 Å². The van der Waals surface area contributed by atoms with E-state index in [1.165, 1.54) is 31.2 Å². The maximum Gasteiger partial charge on any atom is 0.134 e. The van der Waals surface area contributed by atoms with E-state index in [0.29, 0.717) is 6.04 Å². The molecule has 2 rings (SSSR count). The second-order valence-corrected chi connectivity index (χ2v) is 6.44. The first kappa shape index (κ1) is 15.4. The maximum atomic E-state index is 4.47. The average Bonchev–Trinajstić information content (AvgIpc) is 2.48. The van der Waals surface area contributed by atoms with Gasteiger partial charge in [0.05, 0.1) is 0 Å². The van der Waals surface area contributed by atoms with Crippen molar-refractivity contribution < 1.29 is 0 Å². The van der Waals surface area contributed by atoms with Gasteiger partial charge >= 0.3 is 0 Å². The molecule has 2 unspecified atom stereocenters. The third-order valence-corrected chi connectivity index (χ3v) is 5.04. The zero-order valence-corrected chi connectivity index (χ0v) is 13.6. The molecule has 2 atom stereocenters. The molecule has 1 aromatic rings. The molecule has 0 aromatic carbocycles. The van der Waals surface area contributed by atoms with Crippen LogP contribution in [0.15, 0.2) is 6.33 Å². The summed E-state index contributed by atoms with van der Waals surface area (Å²) in [5.41, 5.74) is 1.21. The minimum absolute atomic E-state index is 0.552. The lowest BCUT2D eigenvalue weighted by Crippen LogP contribution is -2.29. The molecule has 1 aliphatic carbocycles. The molecule has 0 spiro atoms. The number of nitrogens with one attached hydrogen (secondary N) is 2. The summed E-state index contributed by atoms with van der Waals surface area (Å²) in [4.78, 5) is 8.83. The Bertz CT molecular complexity index is 424. The molecule has 1 aliphatic rings. The minimum Gasteiger partial charge on any atom is -0.370 e. The van der Waals surface area contributed by atoms with Crippen molar-refractivity contribution in [3.8, 4) is 0 Å². The van der Waals surface area contributed by atoms with E-state index in [0.717, 1.165) is 29.9 Å². The van der Waals surface area contributed by atoms with E-state index in [4.69, 9.17) is 0 Å². The van der Waals surface area contributed by atoms with E-state index < -0.39 is 0 Å². The molecule has 5 heteroatoms. The summed E-state index contributed by atoms with van der Waals surface area (Å²) in [6.45, 7) is 5.15. The van der Waals surface area contributed by atoms with Crippen molar-refractivity contribution in [1.29, 1.82) is 0 Å². The molecule has 0 bridgehead atoms. The predicted molar refractivity (Wildman–Crippen MR) is 88.8 cm³/mol. The number of thioether (sulfide) groups is 1. The summed E-state index contributed by atoms with van der Waals surface area (Å²) >= 11 is 2.00. The van der Waals surface area contributed by atoms with Crippen molar-refractivity contribution in [2.24, 2.45) is 0 Å². The van der Waals surface area contributed by atoms with Gasteiger partial charge in [-0.25, -0.2) is 9.97 Å². The van der Waals surface area contributed by atoms with Crippen LogP contribution in [0.3, 0.4) is 0 Å². The Labute approximate surface area is 126 Å². The number of rotatable bonds is 6. The van der Waals surface area contributed by atoms with Crippen molar-refractivity contribution in [2.75, 3.05) is 23.4 Å². The number of aromatic nitrogens is 2. The zero-order valence-electron chi connectivity index (χ0n) is 12.8. The summed E-state index contributed by atoms with van der Waals surface area (Å²) in [6.07, 6.45) is 9.99. The molecular weight excluding hydrogens is 268 g/mol. The van der Waals surface area contributed by atoms with Crippen molar-refractivity contribution >= 4 is 23.4 Å². The Kier molecular flexibility index (Phi) is 5.95. The van der Waals surface area contributed by atoms with E-state index in [9.17, 15) is 0 Å². The molecule has 0 aliphatic heterocycles. The van der Waals surface area contributed by atoms with Crippen LogP contribution in [0.4, 0.5) is 11.6 Å². The number of nitrogens with zero attached hydrogens (tertiary/aromatic N) is 2. The van der Waals surface area contributed by atoms with Crippen LogP contribution in [0.25, 0.3) is 0 Å². The van der Waals surface area contributed by atoms with E-state index in [1.807, 2.05) is 11.8 Å². The molecule has 1 saturated carbocycles. The van der Waals surface area contributed by atoms with Gasteiger partial charge in [0.15, 0.2) is 0 Å². The standard InChI is InChI=1S/C15H26N4S/c1-4-13-14(16-5-2)17-10-18-15(13)19-11-7-6-8-12(9-11)20-3/h10-12H,4-9H2,1-3H3,(H2,16,17,18,19). The molecule has 4 nitrogen and oxygen atoms in total. The predicted octanol–water partition coefficient (Wildman–Crippen LogP) is 3.56. The monoisotopic (exact) mass is 294 g/mol. The largest absolute Gasteiger partial charge is 0.370 e. The van der Waals surface area contributed by atoms with Gasteiger partial charge in [-0.3, -0.25) is 0 Å². The highest BCUT2D eigenvalue weighted by molar-refractivity contribution is 7.99. The van der Waals surface area contributed by atoms with E-state index in [2.05, 4.69) is 40.7 Å². The molecule has 0 saturated heterocycles. The van der Waals surface area contributed by atoms with Gasteiger partial charge in [-0.2, -0.15) is 11.8 Å². The lowest BCUT2D eigenvalue weighted by molar-refractivity contribution is 0.472. The third kappa shape index (κ3) is 3.78. The first-order valence-electron chi connectivity index (χ1n) is 7.65. The molecule has 2 N–H and O–H groups in total. The van der Waals surface area contributed by atoms with Crippen molar-refractivity contribution in [2.45, 2.75) is 57.2 Å². The van der Waals surface area contributed by atoms with Gasteiger partial charge < -0.3 is 10.6 Å². The highest BCUT2D eigenvalue weighted by Gasteiger charge is 2.22. The van der Waals surface area contributed by atoms with Gasteiger partial charge in [-0.1, -0.05) is 13.3 Å². The van der Waals surface area contributed by atoms with Crippen molar-refractivity contribution in [1.82, 2.24) is 9.97 Å². The molecule has 1 heterocycles. The quantitative estimate of drug-likeness (QED) is 0.840. The van der Waals surface area contributed by atoms with Crippen LogP contribution in [-0.2, 0) is 6.42 Å². The Morgan fingerprint density at radius 1 is 1.25 bits per heavy atom. The van der Waals surface area contributed by atoms with Crippen LogP contribution >= 0.6 is 11.8 Å². The lowest BCUT2D eigenvalue weighted by Gasteiger charge is -2.29. The minimum atomic E-state index is 0.552. The Hall–Kier alpha value is -0.970. The zero-order chi connectivity index (χ0) is 14.4. The highest BCUT2D eigenvalue weighted by Crippen LogP contribution is 2.30. The SMILES string of the molecule is CCNc1ncnc(NC2CCCC(SC)C2)c1CC. The Morgan fingerprint density at radius 2 is 2.05 bits per heavy atom. The van der Waals surface area contributed by atoms with Crippen LogP contribution in [0.1, 0.15) is 45.1 Å². The lowest BCUT2D eigenvalue weighted by atomic mass is 9.95. The summed E-state index contributed by atoms with van der Waals surface area (Å²) in [6, 6.07) is 0.552. The first-order chi connectivity index (χ1) is 9.78. The van der Waals surface area contributed by atoms with Crippen LogP contribution < -0.4 is 10.6 Å². The highest BCUT2D eigenvalue weighted by atomic mass is 32.2. The van der Waals surface area contributed by atoms with Gasteiger partial charge in [0.25, 0.3) is 0 Å². The molecular formula is C15H26N4S. The smallest absolute Gasteiger partial charge is 0.134 e. The van der Waals surface area contributed by atoms with E-state index in [-0.39, 0.29) is 0 Å². The molecule has 0 radical (unpaired) electrons. The van der Waals surface area contributed by atoms with Crippen molar-refractivity contribution in [3.63, 3.8) is 0 Å². The Balaban J connectivity index is 2.10. The normalized spacial score (nSPS) is 22.6. The summed E-state index contributed by atoms with van der Waals surface area (Å²) in [7, 11) is 0. The molecule has 112 valence electrons. The average molecular weight is 294 g/mol. The Morgan fingerprint density at radius 3 is 2.75 bits per heavy atom. The summed E-state index contributed by atoms with van der Waals surface area (Å²) in [5, 5.41) is 7.78. The summed E-state index contributed by atoms with van der Waals surface area (Å²) in [5.74, 6) is 2.00. The first-order valence-corrected chi connectivity index (χ1v) is 8.94. The van der Waals surface area contributed by atoms with Gasteiger partial charge in [0, 0.05) is 23.4 Å². The maximum absolute atomic E-state index is 4.47. The fourth-order valence-corrected chi connectivity index (χ4v) is 3.70. The van der Waals surface area contributed by atoms with E-state index >= 15 is 0 Å². The van der Waals surface area contributed by atoms with Crippen LogP contribution in [0, 0.1) is 0 Å². The second kappa shape index (κ2) is 7.72. The van der Waals surface area contributed by atoms with Gasteiger partial charge in [0.2, 0.25) is 0 Å². The molecule has 0 amide bonds. The topological polar surface area (TPSA) is 49.8 Å². The fourth-order valence-electron chi connectivity index (χ4n) is 2.87. The number of hydrogen-bond donors (Lipinski definition) is 2. The molecule has 20 heavy (non-hydrogen) atoms.